The number of rotatable bonds is 4. The Morgan fingerprint density at radius 1 is 1.50 bits per heavy atom. The summed E-state index contributed by atoms with van der Waals surface area (Å²) in [4.78, 5) is 9.68. The zero-order valence-electron chi connectivity index (χ0n) is 7.99. The highest BCUT2D eigenvalue weighted by Crippen LogP contribution is 2.03. The Morgan fingerprint density at radius 3 is 2.57 bits per heavy atom. The zero-order chi connectivity index (χ0) is 10.6. The van der Waals surface area contributed by atoms with E-state index in [-0.39, 0.29) is 5.82 Å². The van der Waals surface area contributed by atoms with Gasteiger partial charge in [0, 0.05) is 0 Å². The summed E-state index contributed by atoms with van der Waals surface area (Å²) in [7, 11) is 0. The average Bonchev–Trinajstić information content (AvgIpc) is 2.16. The summed E-state index contributed by atoms with van der Waals surface area (Å²) in [6, 6.07) is 7.78. The van der Waals surface area contributed by atoms with E-state index in [2.05, 4.69) is 11.9 Å². The van der Waals surface area contributed by atoms with Crippen molar-refractivity contribution in [2.45, 2.75) is 13.5 Å². The molecule has 0 aliphatic rings. The maximum Gasteiger partial charge on any atom is 0.309 e. The molecule has 0 aromatic heterocycles. The third kappa shape index (κ3) is 2.90. The molecule has 0 heterocycles. The smallest absolute Gasteiger partial charge is 0.309 e. The Balaban J connectivity index is 2.50. The molecule has 14 heavy (non-hydrogen) atoms. The molecule has 0 bridgehead atoms. The summed E-state index contributed by atoms with van der Waals surface area (Å²) in [6.45, 7) is 5.70. The first-order chi connectivity index (χ1) is 6.59. The van der Waals surface area contributed by atoms with E-state index in [0.29, 0.717) is 6.54 Å². The summed E-state index contributed by atoms with van der Waals surface area (Å²) in [5.41, 5.74) is 2.17. The molecule has 4 heteroatoms. The maximum absolute atomic E-state index is 10.2. The van der Waals surface area contributed by atoms with Crippen LogP contribution in [-0.2, 0) is 6.54 Å². The lowest BCUT2D eigenvalue weighted by Gasteiger charge is -2.02. The van der Waals surface area contributed by atoms with Crippen molar-refractivity contribution in [2.24, 2.45) is 0 Å². The highest BCUT2D eigenvalue weighted by atomic mass is 16.6. The molecule has 0 aliphatic heterocycles. The van der Waals surface area contributed by atoms with Crippen LogP contribution in [0.4, 0.5) is 0 Å². The minimum atomic E-state index is -0.534. The van der Waals surface area contributed by atoms with Gasteiger partial charge in [0.1, 0.15) is 6.54 Å². The number of hydrogen-bond donors (Lipinski definition) is 1. The molecule has 0 atom stereocenters. The predicted octanol–water partition coefficient (Wildman–Crippen LogP) is 1.83. The highest BCUT2D eigenvalue weighted by Gasteiger charge is 2.02. The summed E-state index contributed by atoms with van der Waals surface area (Å²) in [6.07, 6.45) is 0. The average molecular weight is 192 g/mol. The van der Waals surface area contributed by atoms with Gasteiger partial charge >= 0.3 is 5.82 Å². The summed E-state index contributed by atoms with van der Waals surface area (Å²) >= 11 is 0. The van der Waals surface area contributed by atoms with E-state index in [1.165, 1.54) is 5.56 Å². The minimum absolute atomic E-state index is 0.175. The van der Waals surface area contributed by atoms with Crippen molar-refractivity contribution >= 4 is 0 Å². The van der Waals surface area contributed by atoms with Gasteiger partial charge in [-0.2, -0.15) is 0 Å². The Hall–Kier alpha value is -1.84. The fourth-order valence-corrected chi connectivity index (χ4v) is 0.975. The number of hydrogen-bond acceptors (Lipinski definition) is 3. The molecule has 1 aromatic carbocycles. The number of nitro groups is 1. The van der Waals surface area contributed by atoms with E-state index < -0.39 is 4.92 Å². The van der Waals surface area contributed by atoms with Crippen LogP contribution in [0.25, 0.3) is 0 Å². The molecule has 0 unspecified atom stereocenters. The molecule has 74 valence electrons. The van der Waals surface area contributed by atoms with Gasteiger partial charge in [-0.15, -0.1) is 0 Å². The van der Waals surface area contributed by atoms with Crippen molar-refractivity contribution in [3.05, 3.63) is 57.9 Å². The molecule has 0 radical (unpaired) electrons. The Labute approximate surface area is 82.4 Å². The van der Waals surface area contributed by atoms with Crippen LogP contribution < -0.4 is 5.32 Å². The molecule has 0 saturated heterocycles. The van der Waals surface area contributed by atoms with Crippen LogP contribution in [0.3, 0.4) is 0 Å². The van der Waals surface area contributed by atoms with E-state index in [0.717, 1.165) is 5.56 Å². The number of nitrogens with zero attached hydrogens (tertiary/aromatic N) is 1. The van der Waals surface area contributed by atoms with Crippen LogP contribution in [-0.4, -0.2) is 4.92 Å². The number of benzene rings is 1. The van der Waals surface area contributed by atoms with Crippen molar-refractivity contribution in [1.29, 1.82) is 0 Å². The van der Waals surface area contributed by atoms with Crippen molar-refractivity contribution in [2.75, 3.05) is 0 Å². The zero-order valence-corrected chi connectivity index (χ0v) is 7.99. The monoisotopic (exact) mass is 192 g/mol. The van der Waals surface area contributed by atoms with E-state index in [1.807, 2.05) is 31.2 Å². The van der Waals surface area contributed by atoms with Gasteiger partial charge in [-0.25, -0.2) is 0 Å². The van der Waals surface area contributed by atoms with Crippen molar-refractivity contribution in [3.63, 3.8) is 0 Å². The molecule has 0 aliphatic carbocycles. The van der Waals surface area contributed by atoms with Crippen LogP contribution in [0.2, 0.25) is 0 Å². The Bertz CT molecular complexity index is 344. The third-order valence-corrected chi connectivity index (χ3v) is 1.84. The molecule has 4 nitrogen and oxygen atoms in total. The second kappa shape index (κ2) is 4.41. The van der Waals surface area contributed by atoms with Gasteiger partial charge < -0.3 is 10.1 Å². The van der Waals surface area contributed by atoms with Crippen molar-refractivity contribution < 1.29 is 4.92 Å². The first kappa shape index (κ1) is 10.2. The van der Waals surface area contributed by atoms with Gasteiger partial charge in [0.15, 0.2) is 0 Å². The minimum Gasteiger partial charge on any atom is -0.358 e. The Morgan fingerprint density at radius 2 is 2.07 bits per heavy atom. The van der Waals surface area contributed by atoms with Crippen LogP contribution in [0, 0.1) is 17.0 Å². The fraction of sp³-hybridized carbons (Fsp3) is 0.200. The standard InChI is InChI=1S/C10H12N2O2/c1-8-3-5-10(6-4-8)7-11-9(2)12(13)14/h3-6,11H,2,7H2,1H3. The van der Waals surface area contributed by atoms with Gasteiger partial charge in [0.2, 0.25) is 0 Å². The first-order valence-corrected chi connectivity index (χ1v) is 4.22. The largest absolute Gasteiger partial charge is 0.358 e. The van der Waals surface area contributed by atoms with Gasteiger partial charge in [0.05, 0.1) is 0 Å². The molecular formula is C10H12N2O2. The van der Waals surface area contributed by atoms with E-state index in [9.17, 15) is 10.1 Å². The molecule has 0 amide bonds. The molecule has 0 saturated carbocycles. The molecule has 1 aromatic rings. The van der Waals surface area contributed by atoms with Crippen LogP contribution >= 0.6 is 0 Å². The van der Waals surface area contributed by atoms with Crippen molar-refractivity contribution in [3.8, 4) is 0 Å². The summed E-state index contributed by atoms with van der Waals surface area (Å²) < 4.78 is 0. The second-order valence-corrected chi connectivity index (χ2v) is 3.04. The van der Waals surface area contributed by atoms with Crippen LogP contribution in [0.5, 0.6) is 0 Å². The Kier molecular flexibility index (Phi) is 3.23. The van der Waals surface area contributed by atoms with Crippen LogP contribution in [0.1, 0.15) is 11.1 Å². The van der Waals surface area contributed by atoms with Crippen molar-refractivity contribution in [1.82, 2.24) is 5.32 Å². The second-order valence-electron chi connectivity index (χ2n) is 3.04. The lowest BCUT2D eigenvalue weighted by molar-refractivity contribution is -0.431. The molecule has 0 spiro atoms. The quantitative estimate of drug-likeness (QED) is 0.585. The van der Waals surface area contributed by atoms with Gasteiger partial charge in [-0.05, 0) is 24.0 Å². The topological polar surface area (TPSA) is 55.2 Å². The predicted molar refractivity (Wildman–Crippen MR) is 54.2 cm³/mol. The molecule has 1 N–H and O–H groups in total. The maximum atomic E-state index is 10.2. The fourth-order valence-electron chi connectivity index (χ4n) is 0.975. The molecule has 1 rings (SSSR count). The number of aryl methyl sites for hydroxylation is 1. The number of nitrogens with one attached hydrogen (secondary N) is 1. The molecular weight excluding hydrogens is 180 g/mol. The highest BCUT2D eigenvalue weighted by molar-refractivity contribution is 5.21. The van der Waals surface area contributed by atoms with Gasteiger partial charge in [-0.3, -0.25) is 5.32 Å². The molecule has 0 fully saturated rings. The normalized spacial score (nSPS) is 9.50. The lowest BCUT2D eigenvalue weighted by Crippen LogP contribution is -2.17. The van der Waals surface area contributed by atoms with E-state index in [4.69, 9.17) is 0 Å². The first-order valence-electron chi connectivity index (χ1n) is 4.22. The van der Waals surface area contributed by atoms with Gasteiger partial charge in [0.25, 0.3) is 0 Å². The lowest BCUT2D eigenvalue weighted by atomic mass is 10.1. The summed E-state index contributed by atoms with van der Waals surface area (Å²) in [5, 5.41) is 12.8. The third-order valence-electron chi connectivity index (χ3n) is 1.84. The van der Waals surface area contributed by atoms with Crippen LogP contribution in [0.15, 0.2) is 36.7 Å². The summed E-state index contributed by atoms with van der Waals surface area (Å²) in [5.74, 6) is -0.175. The SMILES string of the molecule is C=C(NCc1ccc(C)cc1)[N+](=O)[O-]. The van der Waals surface area contributed by atoms with E-state index in [1.54, 1.807) is 0 Å². The van der Waals surface area contributed by atoms with Gasteiger partial charge in [-0.1, -0.05) is 29.8 Å². The van der Waals surface area contributed by atoms with E-state index >= 15 is 0 Å².